The fourth-order valence-electron chi connectivity index (χ4n) is 2.80. The van der Waals surface area contributed by atoms with Crippen LogP contribution in [0.5, 0.6) is 0 Å². The lowest BCUT2D eigenvalue weighted by molar-refractivity contribution is -0.118. The molecule has 2 aliphatic heterocycles. The molecule has 142 valence electrons. The number of aliphatic imine (C=N–C) groups is 2. The highest BCUT2D eigenvalue weighted by Gasteiger charge is 2.35. The molecular formula is C17H13BrClN7O2. The van der Waals surface area contributed by atoms with Crippen LogP contribution in [-0.4, -0.2) is 51.7 Å². The summed E-state index contributed by atoms with van der Waals surface area (Å²) in [5, 5.41) is 12.9. The fraction of sp³-hybridized carbons (Fsp3) is 0.176. The molecule has 1 unspecified atom stereocenters. The first-order valence-electron chi connectivity index (χ1n) is 8.16. The highest BCUT2D eigenvalue weighted by molar-refractivity contribution is 9.10. The Bertz CT molecular complexity index is 1100. The summed E-state index contributed by atoms with van der Waals surface area (Å²) < 4.78 is 2.03. The van der Waals surface area contributed by atoms with E-state index in [-0.39, 0.29) is 5.96 Å². The first-order chi connectivity index (χ1) is 13.3. The Kier molecular flexibility index (Phi) is 4.60. The van der Waals surface area contributed by atoms with Crippen molar-refractivity contribution in [3.05, 3.63) is 45.0 Å². The third-order valence-corrected chi connectivity index (χ3v) is 4.95. The maximum absolute atomic E-state index is 12.7. The lowest BCUT2D eigenvalue weighted by atomic mass is 10.1. The van der Waals surface area contributed by atoms with Crippen LogP contribution in [-0.2, 0) is 4.79 Å². The van der Waals surface area contributed by atoms with E-state index in [1.165, 1.54) is 15.9 Å². The summed E-state index contributed by atoms with van der Waals surface area (Å²) in [6, 6.07) is 6.62. The highest BCUT2D eigenvalue weighted by atomic mass is 79.9. The summed E-state index contributed by atoms with van der Waals surface area (Å²) in [4.78, 5) is 33.4. The van der Waals surface area contributed by atoms with E-state index in [4.69, 9.17) is 11.6 Å². The van der Waals surface area contributed by atoms with Crippen LogP contribution in [0.25, 0.3) is 0 Å². The number of halogens is 2. The summed E-state index contributed by atoms with van der Waals surface area (Å²) >= 11 is 9.46. The topological polar surface area (TPSA) is 104 Å². The van der Waals surface area contributed by atoms with Crippen LogP contribution < -0.4 is 5.32 Å². The van der Waals surface area contributed by atoms with Gasteiger partial charge in [-0.05, 0) is 25.1 Å². The van der Waals surface area contributed by atoms with Gasteiger partial charge in [-0.15, -0.1) is 0 Å². The minimum Gasteiger partial charge on any atom is -0.306 e. The Balaban J connectivity index is 1.68. The summed E-state index contributed by atoms with van der Waals surface area (Å²) in [5.41, 5.74) is 0.905. The number of aromatic nitrogens is 2. The Morgan fingerprint density at radius 2 is 2.07 bits per heavy atom. The highest BCUT2D eigenvalue weighted by Crippen LogP contribution is 2.23. The number of nitrogens with one attached hydrogen (secondary N) is 1. The SMILES string of the molecule is Cc1cc(NC(=O)c2cc(Br)ccc2Cl)n(C2=NC(=O)C3C=NN(C)C3=N2)n1. The smallest absolute Gasteiger partial charge is 0.265 e. The number of carbonyl (C=O) groups is 2. The van der Waals surface area contributed by atoms with Gasteiger partial charge in [0.1, 0.15) is 17.6 Å². The zero-order chi connectivity index (χ0) is 20.0. The number of hydrogen-bond acceptors (Lipinski definition) is 6. The zero-order valence-electron chi connectivity index (χ0n) is 14.7. The van der Waals surface area contributed by atoms with E-state index in [0.717, 1.165) is 4.47 Å². The minimum atomic E-state index is -0.594. The second kappa shape index (κ2) is 6.95. The standard InChI is InChI=1S/C17H13BrClN7O2/c1-8-5-13(21-15(27)10-6-9(18)3-4-12(10)19)26(24-8)17-22-14-11(16(28)23-17)7-20-25(14)2/h3-7,11H,1-2H3,(H,21,27). The Morgan fingerprint density at radius 3 is 2.86 bits per heavy atom. The molecular weight excluding hydrogens is 450 g/mol. The number of rotatable bonds is 2. The van der Waals surface area contributed by atoms with Crippen molar-refractivity contribution < 1.29 is 9.59 Å². The number of carbonyl (C=O) groups excluding carboxylic acids is 2. The number of amidine groups is 1. The molecule has 1 aromatic heterocycles. The average Bonchev–Trinajstić information content (AvgIpc) is 3.20. The van der Waals surface area contributed by atoms with Crippen LogP contribution in [0, 0.1) is 12.8 Å². The molecule has 28 heavy (non-hydrogen) atoms. The lowest BCUT2D eigenvalue weighted by Gasteiger charge is -2.17. The molecule has 0 aliphatic carbocycles. The Morgan fingerprint density at radius 1 is 1.29 bits per heavy atom. The van der Waals surface area contributed by atoms with E-state index >= 15 is 0 Å². The van der Waals surface area contributed by atoms with Crippen molar-refractivity contribution >= 4 is 63.2 Å². The van der Waals surface area contributed by atoms with E-state index in [1.54, 1.807) is 38.2 Å². The number of hydrogen-bond donors (Lipinski definition) is 1. The molecule has 1 N–H and O–H groups in total. The zero-order valence-corrected chi connectivity index (χ0v) is 17.1. The molecule has 1 atom stereocenters. The van der Waals surface area contributed by atoms with Crippen molar-refractivity contribution in [1.82, 2.24) is 14.8 Å². The van der Waals surface area contributed by atoms with Gasteiger partial charge in [0.05, 0.1) is 16.3 Å². The van der Waals surface area contributed by atoms with Crippen molar-refractivity contribution in [1.29, 1.82) is 0 Å². The molecule has 0 fully saturated rings. The van der Waals surface area contributed by atoms with Crippen molar-refractivity contribution in [3.63, 3.8) is 0 Å². The van der Waals surface area contributed by atoms with Crippen LogP contribution in [0.1, 0.15) is 16.1 Å². The molecule has 4 rings (SSSR count). The molecule has 0 spiro atoms. The van der Waals surface area contributed by atoms with Crippen LogP contribution >= 0.6 is 27.5 Å². The van der Waals surface area contributed by atoms with Crippen LogP contribution in [0.3, 0.4) is 0 Å². The fourth-order valence-corrected chi connectivity index (χ4v) is 3.36. The predicted molar refractivity (Wildman–Crippen MR) is 109 cm³/mol. The van der Waals surface area contributed by atoms with Gasteiger partial charge in [-0.1, -0.05) is 27.5 Å². The third-order valence-electron chi connectivity index (χ3n) is 4.13. The number of amides is 2. The number of anilines is 1. The number of nitrogens with zero attached hydrogens (tertiary/aromatic N) is 6. The van der Waals surface area contributed by atoms with Gasteiger partial charge in [-0.2, -0.15) is 24.9 Å². The Hall–Kier alpha value is -2.85. The first kappa shape index (κ1) is 18.5. The monoisotopic (exact) mass is 461 g/mol. The molecule has 2 aromatic rings. The van der Waals surface area contributed by atoms with Gasteiger partial charge in [0.15, 0.2) is 0 Å². The van der Waals surface area contributed by atoms with Gasteiger partial charge < -0.3 is 5.32 Å². The predicted octanol–water partition coefficient (Wildman–Crippen LogP) is 2.55. The van der Waals surface area contributed by atoms with E-state index in [9.17, 15) is 9.59 Å². The first-order valence-corrected chi connectivity index (χ1v) is 9.33. The molecule has 0 saturated heterocycles. The largest absolute Gasteiger partial charge is 0.306 e. The van der Waals surface area contributed by atoms with Crippen molar-refractivity contribution in [2.45, 2.75) is 6.92 Å². The molecule has 2 amide bonds. The minimum absolute atomic E-state index is 0.0531. The van der Waals surface area contributed by atoms with Crippen molar-refractivity contribution in [3.8, 4) is 0 Å². The van der Waals surface area contributed by atoms with Gasteiger partial charge in [-0.25, -0.2) is 0 Å². The van der Waals surface area contributed by atoms with E-state index in [1.807, 2.05) is 0 Å². The second-order valence-corrected chi connectivity index (χ2v) is 7.47. The molecule has 0 bridgehead atoms. The van der Waals surface area contributed by atoms with Gasteiger partial charge in [-0.3, -0.25) is 14.6 Å². The normalized spacial score (nSPS) is 18.1. The summed E-state index contributed by atoms with van der Waals surface area (Å²) in [6.07, 6.45) is 1.49. The number of hydrazone groups is 1. The van der Waals surface area contributed by atoms with Crippen LogP contribution in [0.4, 0.5) is 5.82 Å². The molecule has 9 nitrogen and oxygen atoms in total. The number of benzene rings is 1. The number of fused-ring (bicyclic) bond motifs is 1. The third kappa shape index (κ3) is 3.25. The van der Waals surface area contributed by atoms with Crippen LogP contribution in [0.2, 0.25) is 5.02 Å². The van der Waals surface area contributed by atoms with Crippen molar-refractivity contribution in [2.24, 2.45) is 21.0 Å². The summed E-state index contributed by atoms with van der Waals surface area (Å²) in [5.74, 6) is -0.596. The average molecular weight is 463 g/mol. The quantitative estimate of drug-likeness (QED) is 0.740. The molecule has 11 heteroatoms. The summed E-state index contributed by atoms with van der Waals surface area (Å²) in [7, 11) is 1.69. The summed E-state index contributed by atoms with van der Waals surface area (Å²) in [6.45, 7) is 1.75. The van der Waals surface area contributed by atoms with Gasteiger partial charge >= 0.3 is 0 Å². The van der Waals surface area contributed by atoms with E-state index in [0.29, 0.717) is 27.9 Å². The van der Waals surface area contributed by atoms with Crippen LogP contribution in [0.15, 0.2) is 43.8 Å². The maximum Gasteiger partial charge on any atom is 0.265 e. The molecule has 1 aromatic carbocycles. The molecule has 2 aliphatic rings. The van der Waals surface area contributed by atoms with Gasteiger partial charge in [0.2, 0.25) is 0 Å². The van der Waals surface area contributed by atoms with Gasteiger partial charge in [0.25, 0.3) is 17.8 Å². The number of aryl methyl sites for hydroxylation is 1. The van der Waals surface area contributed by atoms with Gasteiger partial charge in [0, 0.05) is 23.8 Å². The Labute approximate surface area is 172 Å². The van der Waals surface area contributed by atoms with E-state index < -0.39 is 17.7 Å². The van der Waals surface area contributed by atoms with E-state index in [2.05, 4.69) is 41.4 Å². The van der Waals surface area contributed by atoms with Crippen molar-refractivity contribution in [2.75, 3.05) is 12.4 Å². The molecule has 3 heterocycles. The second-order valence-electron chi connectivity index (χ2n) is 6.15. The molecule has 0 saturated carbocycles. The lowest BCUT2D eigenvalue weighted by Crippen LogP contribution is -2.35. The molecule has 0 radical (unpaired) electrons. The maximum atomic E-state index is 12.7.